The SMILES string of the molecule is c1ccc(-c2ccc(-c3ccc(N(c4ccccc4)c4ccc(-c5cccc(-n6c7ccccc7c7ccccc76)c5)c(-c5cc6ccccc6c6ccccc56)c4)c4ccccc34)cc2)cc1. The number of nitrogens with zero attached hydrogens (tertiary/aromatic N) is 2. The van der Waals surface area contributed by atoms with Crippen molar-refractivity contribution >= 4 is 71.2 Å². The molecule has 0 atom stereocenters. The van der Waals surface area contributed by atoms with Crippen LogP contribution in [0.15, 0.2) is 267 Å². The molecule has 0 saturated carbocycles. The zero-order chi connectivity index (χ0) is 45.0. The van der Waals surface area contributed by atoms with Gasteiger partial charge in [0.05, 0.1) is 16.7 Å². The molecule has 0 radical (unpaired) electrons. The molecule has 13 rings (SSSR count). The normalized spacial score (nSPS) is 11.5. The van der Waals surface area contributed by atoms with Gasteiger partial charge in [0.2, 0.25) is 0 Å². The van der Waals surface area contributed by atoms with Crippen molar-refractivity contribution in [3.8, 4) is 50.2 Å². The Kier molecular flexibility index (Phi) is 9.54. The van der Waals surface area contributed by atoms with Crippen molar-refractivity contribution in [2.45, 2.75) is 0 Å². The number of para-hydroxylation sites is 3. The zero-order valence-electron chi connectivity index (χ0n) is 37.3. The molecule has 68 heavy (non-hydrogen) atoms. The van der Waals surface area contributed by atoms with Crippen LogP contribution in [-0.2, 0) is 0 Å². The number of hydrogen-bond donors (Lipinski definition) is 0. The van der Waals surface area contributed by atoms with Gasteiger partial charge >= 0.3 is 0 Å². The van der Waals surface area contributed by atoms with Crippen molar-refractivity contribution in [1.29, 1.82) is 0 Å². The first-order valence-corrected chi connectivity index (χ1v) is 23.4. The highest BCUT2D eigenvalue weighted by molar-refractivity contribution is 6.16. The van der Waals surface area contributed by atoms with Crippen LogP contribution in [0.5, 0.6) is 0 Å². The Hall–Kier alpha value is -8.98. The summed E-state index contributed by atoms with van der Waals surface area (Å²) >= 11 is 0. The molecule has 0 aliphatic rings. The van der Waals surface area contributed by atoms with E-state index in [1.807, 2.05) is 0 Å². The summed E-state index contributed by atoms with van der Waals surface area (Å²) in [7, 11) is 0. The van der Waals surface area contributed by atoms with Crippen molar-refractivity contribution in [3.63, 3.8) is 0 Å². The largest absolute Gasteiger partial charge is 0.310 e. The topological polar surface area (TPSA) is 8.17 Å². The van der Waals surface area contributed by atoms with E-state index in [1.165, 1.54) is 93.1 Å². The average molecular weight is 865 g/mol. The van der Waals surface area contributed by atoms with Gasteiger partial charge in [-0.1, -0.05) is 206 Å². The van der Waals surface area contributed by atoms with Crippen LogP contribution in [0.4, 0.5) is 17.1 Å². The molecule has 0 aliphatic heterocycles. The molecule has 13 aromatic rings. The zero-order valence-corrected chi connectivity index (χ0v) is 37.3. The first kappa shape index (κ1) is 39.4. The molecule has 2 heteroatoms. The maximum absolute atomic E-state index is 2.44. The van der Waals surface area contributed by atoms with Crippen LogP contribution in [-0.4, -0.2) is 4.57 Å². The fourth-order valence-corrected chi connectivity index (χ4v) is 10.6. The van der Waals surface area contributed by atoms with E-state index in [-0.39, 0.29) is 0 Å². The van der Waals surface area contributed by atoms with Crippen LogP contribution >= 0.6 is 0 Å². The number of rotatable bonds is 8. The van der Waals surface area contributed by atoms with Gasteiger partial charge < -0.3 is 9.47 Å². The summed E-state index contributed by atoms with van der Waals surface area (Å²) in [4.78, 5) is 2.44. The van der Waals surface area contributed by atoms with E-state index in [9.17, 15) is 0 Å². The van der Waals surface area contributed by atoms with Gasteiger partial charge in [0, 0.05) is 33.2 Å². The molecule has 0 unspecified atom stereocenters. The van der Waals surface area contributed by atoms with Crippen LogP contribution in [0.2, 0.25) is 0 Å². The summed E-state index contributed by atoms with van der Waals surface area (Å²) < 4.78 is 2.41. The van der Waals surface area contributed by atoms with Crippen molar-refractivity contribution in [3.05, 3.63) is 267 Å². The fraction of sp³-hybridized carbons (Fsp3) is 0. The number of anilines is 3. The summed E-state index contributed by atoms with van der Waals surface area (Å²) in [6.07, 6.45) is 0. The molecule has 1 heterocycles. The molecule has 12 aromatic carbocycles. The summed E-state index contributed by atoms with van der Waals surface area (Å²) in [5.74, 6) is 0. The lowest BCUT2D eigenvalue weighted by Crippen LogP contribution is -2.11. The van der Waals surface area contributed by atoms with Gasteiger partial charge in [-0.2, -0.15) is 0 Å². The second-order valence-corrected chi connectivity index (χ2v) is 17.6. The van der Waals surface area contributed by atoms with Crippen LogP contribution < -0.4 is 4.90 Å². The van der Waals surface area contributed by atoms with Crippen molar-refractivity contribution in [1.82, 2.24) is 4.57 Å². The third-order valence-electron chi connectivity index (χ3n) is 13.8. The number of hydrogen-bond acceptors (Lipinski definition) is 1. The maximum atomic E-state index is 2.44. The Morgan fingerprint density at radius 2 is 0.779 bits per heavy atom. The second kappa shape index (κ2) is 16.5. The molecule has 0 bridgehead atoms. The van der Waals surface area contributed by atoms with Gasteiger partial charge in [-0.3, -0.25) is 0 Å². The van der Waals surface area contributed by atoms with E-state index in [4.69, 9.17) is 0 Å². The first-order chi connectivity index (χ1) is 33.7. The number of fused-ring (bicyclic) bond motifs is 7. The standard InChI is InChI=1S/C66H44N2/c1-3-18-45(19-4-1)46-34-36-47(37-35-46)54-40-41-66(59-29-12-11-27-57(54)59)67(50-22-5-2-6-23-50)52-38-39-55(63(44-52)62-43-49-20-7-8-25-53(49)56-26-9-10-28-58(56)62)48-21-17-24-51(42-48)68-64-32-15-13-30-60(64)61-31-14-16-33-65(61)68/h1-44H. The molecule has 1 aromatic heterocycles. The molecule has 2 nitrogen and oxygen atoms in total. The summed E-state index contributed by atoms with van der Waals surface area (Å²) in [5, 5.41) is 9.84. The number of benzene rings is 12. The molecule has 0 aliphatic carbocycles. The monoisotopic (exact) mass is 864 g/mol. The minimum absolute atomic E-state index is 1.08. The molecule has 0 spiro atoms. The molecule has 318 valence electrons. The average Bonchev–Trinajstić information content (AvgIpc) is 3.76. The maximum Gasteiger partial charge on any atom is 0.0541 e. The Labute approximate surface area is 395 Å². The number of aromatic nitrogens is 1. The predicted molar refractivity (Wildman–Crippen MR) is 290 cm³/mol. The van der Waals surface area contributed by atoms with Crippen LogP contribution in [0.25, 0.3) is 104 Å². The van der Waals surface area contributed by atoms with Gasteiger partial charge in [0.15, 0.2) is 0 Å². The third kappa shape index (κ3) is 6.65. The third-order valence-corrected chi connectivity index (χ3v) is 13.8. The summed E-state index contributed by atoms with van der Waals surface area (Å²) in [6, 6.07) is 97.6. The van der Waals surface area contributed by atoms with Crippen molar-refractivity contribution in [2.75, 3.05) is 4.90 Å². The molecule has 0 saturated heterocycles. The Bertz CT molecular complexity index is 3960. The first-order valence-electron chi connectivity index (χ1n) is 23.4. The van der Waals surface area contributed by atoms with E-state index < -0.39 is 0 Å². The molecular formula is C66H44N2. The van der Waals surface area contributed by atoms with Crippen LogP contribution in [0, 0.1) is 0 Å². The molecule has 0 N–H and O–H groups in total. The highest BCUT2D eigenvalue weighted by Gasteiger charge is 2.22. The highest BCUT2D eigenvalue weighted by Crippen LogP contribution is 2.47. The fourth-order valence-electron chi connectivity index (χ4n) is 10.6. The lowest BCUT2D eigenvalue weighted by molar-refractivity contribution is 1.18. The highest BCUT2D eigenvalue weighted by atomic mass is 15.1. The van der Waals surface area contributed by atoms with Crippen molar-refractivity contribution < 1.29 is 0 Å². The Balaban J connectivity index is 1.03. The van der Waals surface area contributed by atoms with Gasteiger partial charge in [0.25, 0.3) is 0 Å². The van der Waals surface area contributed by atoms with Gasteiger partial charge in [-0.05, 0) is 132 Å². The van der Waals surface area contributed by atoms with E-state index in [2.05, 4.69) is 276 Å². The molecular weight excluding hydrogens is 821 g/mol. The van der Waals surface area contributed by atoms with Gasteiger partial charge in [-0.25, -0.2) is 0 Å². The second-order valence-electron chi connectivity index (χ2n) is 17.6. The Morgan fingerprint density at radius 1 is 0.250 bits per heavy atom. The molecule has 0 amide bonds. The minimum Gasteiger partial charge on any atom is -0.310 e. The quantitative estimate of drug-likeness (QED) is 0.138. The van der Waals surface area contributed by atoms with E-state index in [0.29, 0.717) is 0 Å². The van der Waals surface area contributed by atoms with E-state index in [0.717, 1.165) is 28.3 Å². The molecule has 0 fully saturated rings. The van der Waals surface area contributed by atoms with Gasteiger partial charge in [-0.15, -0.1) is 0 Å². The lowest BCUT2D eigenvalue weighted by atomic mass is 9.88. The predicted octanol–water partition coefficient (Wildman–Crippen LogP) is 18.4. The van der Waals surface area contributed by atoms with Crippen LogP contribution in [0.1, 0.15) is 0 Å². The minimum atomic E-state index is 1.08. The summed E-state index contributed by atoms with van der Waals surface area (Å²) in [6.45, 7) is 0. The van der Waals surface area contributed by atoms with E-state index in [1.54, 1.807) is 0 Å². The van der Waals surface area contributed by atoms with Crippen LogP contribution in [0.3, 0.4) is 0 Å². The lowest BCUT2D eigenvalue weighted by Gasteiger charge is -2.29. The van der Waals surface area contributed by atoms with Crippen molar-refractivity contribution in [2.24, 2.45) is 0 Å². The summed E-state index contributed by atoms with van der Waals surface area (Å²) in [5.41, 5.74) is 16.3. The van der Waals surface area contributed by atoms with E-state index >= 15 is 0 Å². The Morgan fingerprint density at radius 3 is 1.50 bits per heavy atom. The smallest absolute Gasteiger partial charge is 0.0541 e. The van der Waals surface area contributed by atoms with Gasteiger partial charge in [0.1, 0.15) is 0 Å².